The van der Waals surface area contributed by atoms with E-state index in [-0.39, 0.29) is 5.91 Å². The summed E-state index contributed by atoms with van der Waals surface area (Å²) in [4.78, 5) is 12.1. The van der Waals surface area contributed by atoms with E-state index in [0.29, 0.717) is 5.92 Å². The number of fused-ring (bicyclic) bond motifs is 1. The zero-order valence-corrected chi connectivity index (χ0v) is 11.7. The zero-order valence-electron chi connectivity index (χ0n) is 11.7. The minimum absolute atomic E-state index is 0.0114. The van der Waals surface area contributed by atoms with Crippen LogP contribution in [-0.4, -0.2) is 32.3 Å². The molecule has 2 heterocycles. The molecule has 1 N–H and O–H groups in total. The van der Waals surface area contributed by atoms with Crippen LogP contribution in [0.25, 0.3) is 0 Å². The Labute approximate surface area is 119 Å². The molecule has 0 aromatic heterocycles. The molecule has 1 aromatic rings. The maximum absolute atomic E-state index is 12.1. The highest BCUT2D eigenvalue weighted by molar-refractivity contribution is 5.94. The molecule has 1 atom stereocenters. The molecule has 0 unspecified atom stereocenters. The van der Waals surface area contributed by atoms with E-state index in [1.54, 1.807) is 0 Å². The highest BCUT2D eigenvalue weighted by Crippen LogP contribution is 2.25. The van der Waals surface area contributed by atoms with Crippen LogP contribution in [0, 0.1) is 5.92 Å². The summed E-state index contributed by atoms with van der Waals surface area (Å²) < 4.78 is 10.9. The lowest BCUT2D eigenvalue weighted by atomic mass is 10.0. The fraction of sp³-hybridized carbons (Fsp3) is 0.562. The van der Waals surface area contributed by atoms with E-state index in [4.69, 9.17) is 9.47 Å². The van der Waals surface area contributed by atoms with Gasteiger partial charge in [0, 0.05) is 25.3 Å². The van der Waals surface area contributed by atoms with Gasteiger partial charge in [-0.1, -0.05) is 0 Å². The van der Waals surface area contributed by atoms with Crippen molar-refractivity contribution >= 4 is 5.91 Å². The van der Waals surface area contributed by atoms with Crippen LogP contribution in [0.5, 0.6) is 5.75 Å². The lowest BCUT2D eigenvalue weighted by Gasteiger charge is -2.17. The summed E-state index contributed by atoms with van der Waals surface area (Å²) in [5.74, 6) is 1.54. The van der Waals surface area contributed by atoms with Crippen molar-refractivity contribution in [2.24, 2.45) is 5.92 Å². The van der Waals surface area contributed by atoms with Crippen molar-refractivity contribution in [3.63, 3.8) is 0 Å². The van der Waals surface area contributed by atoms with Crippen molar-refractivity contribution in [2.75, 3.05) is 26.4 Å². The van der Waals surface area contributed by atoms with Crippen LogP contribution in [0.1, 0.15) is 35.2 Å². The van der Waals surface area contributed by atoms with E-state index in [0.717, 1.165) is 68.9 Å². The second-order valence-corrected chi connectivity index (χ2v) is 5.55. The summed E-state index contributed by atoms with van der Waals surface area (Å²) in [7, 11) is 0. The molecule has 0 spiro atoms. The summed E-state index contributed by atoms with van der Waals surface area (Å²) in [6, 6.07) is 5.72. The summed E-state index contributed by atoms with van der Waals surface area (Å²) in [5, 5.41) is 3.00. The Morgan fingerprint density at radius 3 is 3.15 bits per heavy atom. The van der Waals surface area contributed by atoms with E-state index in [1.807, 2.05) is 18.2 Å². The van der Waals surface area contributed by atoms with E-state index >= 15 is 0 Å². The van der Waals surface area contributed by atoms with Gasteiger partial charge in [0.1, 0.15) is 5.75 Å². The lowest BCUT2D eigenvalue weighted by Crippen LogP contribution is -2.26. The highest BCUT2D eigenvalue weighted by Gasteiger charge is 2.16. The molecule has 0 radical (unpaired) electrons. The van der Waals surface area contributed by atoms with Crippen LogP contribution >= 0.6 is 0 Å². The molecule has 4 nitrogen and oxygen atoms in total. The van der Waals surface area contributed by atoms with Crippen molar-refractivity contribution in [1.82, 2.24) is 5.32 Å². The standard InChI is InChI=1S/C16H21NO3/c18-16(17-7-5-12-6-9-19-11-12)14-3-4-15-13(10-14)2-1-8-20-15/h3-4,10,12H,1-2,5-9,11H2,(H,17,18)/t12-/m0/s1. The highest BCUT2D eigenvalue weighted by atomic mass is 16.5. The number of benzene rings is 1. The van der Waals surface area contributed by atoms with Gasteiger partial charge in [0.05, 0.1) is 6.61 Å². The van der Waals surface area contributed by atoms with Crippen LogP contribution < -0.4 is 10.1 Å². The van der Waals surface area contributed by atoms with Crippen LogP contribution in [0.15, 0.2) is 18.2 Å². The second-order valence-electron chi connectivity index (χ2n) is 5.55. The monoisotopic (exact) mass is 275 g/mol. The zero-order chi connectivity index (χ0) is 13.8. The molecule has 0 saturated carbocycles. The fourth-order valence-corrected chi connectivity index (χ4v) is 2.80. The van der Waals surface area contributed by atoms with Crippen molar-refractivity contribution < 1.29 is 14.3 Å². The minimum atomic E-state index is 0.0114. The van der Waals surface area contributed by atoms with Gasteiger partial charge in [0.15, 0.2) is 0 Å². The maximum Gasteiger partial charge on any atom is 0.251 e. The van der Waals surface area contributed by atoms with Gasteiger partial charge in [0.2, 0.25) is 0 Å². The summed E-state index contributed by atoms with van der Waals surface area (Å²) in [5.41, 5.74) is 1.88. The largest absolute Gasteiger partial charge is 0.493 e. The van der Waals surface area contributed by atoms with Crippen molar-refractivity contribution in [3.8, 4) is 5.75 Å². The number of nitrogens with one attached hydrogen (secondary N) is 1. The van der Waals surface area contributed by atoms with Crippen LogP contribution in [0.3, 0.4) is 0 Å². The molecule has 2 aliphatic rings. The second kappa shape index (κ2) is 6.27. The fourth-order valence-electron chi connectivity index (χ4n) is 2.80. The molecule has 108 valence electrons. The first-order chi connectivity index (χ1) is 9.83. The third kappa shape index (κ3) is 3.12. The average Bonchev–Trinajstić information content (AvgIpc) is 3.00. The van der Waals surface area contributed by atoms with E-state index in [2.05, 4.69) is 5.32 Å². The number of rotatable bonds is 4. The molecule has 1 amide bonds. The van der Waals surface area contributed by atoms with Gasteiger partial charge in [-0.15, -0.1) is 0 Å². The molecule has 4 heteroatoms. The quantitative estimate of drug-likeness (QED) is 0.916. The summed E-state index contributed by atoms with van der Waals surface area (Å²) in [6.07, 6.45) is 4.14. The number of carbonyl (C=O) groups is 1. The Hall–Kier alpha value is -1.55. The van der Waals surface area contributed by atoms with Gasteiger partial charge >= 0.3 is 0 Å². The Morgan fingerprint density at radius 1 is 1.35 bits per heavy atom. The Kier molecular flexibility index (Phi) is 4.21. The maximum atomic E-state index is 12.1. The first-order valence-corrected chi connectivity index (χ1v) is 7.44. The number of aryl methyl sites for hydroxylation is 1. The summed E-state index contributed by atoms with van der Waals surface area (Å²) in [6.45, 7) is 3.21. The van der Waals surface area contributed by atoms with Crippen molar-refractivity contribution in [2.45, 2.75) is 25.7 Å². The number of ether oxygens (including phenoxy) is 2. The molecule has 0 bridgehead atoms. The van der Waals surface area contributed by atoms with Gasteiger partial charge < -0.3 is 14.8 Å². The van der Waals surface area contributed by atoms with Crippen molar-refractivity contribution in [3.05, 3.63) is 29.3 Å². The summed E-state index contributed by atoms with van der Waals surface area (Å²) >= 11 is 0. The number of hydrogen-bond donors (Lipinski definition) is 1. The van der Waals surface area contributed by atoms with Gasteiger partial charge in [-0.3, -0.25) is 4.79 Å². The molecular formula is C16H21NO3. The van der Waals surface area contributed by atoms with Crippen molar-refractivity contribution in [1.29, 1.82) is 0 Å². The van der Waals surface area contributed by atoms with E-state index in [1.165, 1.54) is 0 Å². The van der Waals surface area contributed by atoms with Crippen LogP contribution in [-0.2, 0) is 11.2 Å². The normalized spacial score (nSPS) is 21.1. The SMILES string of the molecule is O=C(NCC[C@H]1CCOC1)c1ccc2c(c1)CCCO2. The predicted molar refractivity (Wildman–Crippen MR) is 76.1 cm³/mol. The lowest BCUT2D eigenvalue weighted by molar-refractivity contribution is 0.0950. The van der Waals surface area contributed by atoms with Crippen LogP contribution in [0.4, 0.5) is 0 Å². The third-order valence-electron chi connectivity index (χ3n) is 4.03. The Balaban J connectivity index is 1.53. The first kappa shape index (κ1) is 13.4. The third-order valence-corrected chi connectivity index (χ3v) is 4.03. The molecular weight excluding hydrogens is 254 g/mol. The molecule has 1 saturated heterocycles. The smallest absolute Gasteiger partial charge is 0.251 e. The van der Waals surface area contributed by atoms with E-state index < -0.39 is 0 Å². The topological polar surface area (TPSA) is 47.6 Å². The average molecular weight is 275 g/mol. The number of amides is 1. The predicted octanol–water partition coefficient (Wildman–Crippen LogP) is 2.17. The molecule has 3 rings (SSSR count). The first-order valence-electron chi connectivity index (χ1n) is 7.44. The van der Waals surface area contributed by atoms with Gasteiger partial charge in [0.25, 0.3) is 5.91 Å². The molecule has 1 aromatic carbocycles. The molecule has 2 aliphatic heterocycles. The molecule has 1 fully saturated rings. The molecule has 0 aliphatic carbocycles. The Morgan fingerprint density at radius 2 is 2.30 bits per heavy atom. The van der Waals surface area contributed by atoms with Gasteiger partial charge in [-0.05, 0) is 55.4 Å². The van der Waals surface area contributed by atoms with Gasteiger partial charge in [-0.25, -0.2) is 0 Å². The number of hydrogen-bond acceptors (Lipinski definition) is 3. The van der Waals surface area contributed by atoms with Gasteiger partial charge in [-0.2, -0.15) is 0 Å². The minimum Gasteiger partial charge on any atom is -0.493 e. The number of carbonyl (C=O) groups excluding carboxylic acids is 1. The Bertz CT molecular complexity index is 481. The van der Waals surface area contributed by atoms with Crippen LogP contribution in [0.2, 0.25) is 0 Å². The molecule has 20 heavy (non-hydrogen) atoms. The van der Waals surface area contributed by atoms with E-state index in [9.17, 15) is 4.79 Å².